The maximum absolute atomic E-state index is 13.3. The van der Waals surface area contributed by atoms with Crippen molar-refractivity contribution in [3.63, 3.8) is 0 Å². The fraction of sp³-hybridized carbons (Fsp3) is 0.400. The van der Waals surface area contributed by atoms with Crippen LogP contribution in [0.4, 0.5) is 0 Å². The average Bonchev–Trinajstić information content (AvgIpc) is 2.73. The molecule has 164 valence electrons. The molecular formula is C25H29NO5. The van der Waals surface area contributed by atoms with Gasteiger partial charge in [-0.25, -0.2) is 0 Å². The van der Waals surface area contributed by atoms with E-state index in [0.717, 1.165) is 11.1 Å². The average molecular weight is 424 g/mol. The van der Waals surface area contributed by atoms with Gasteiger partial charge in [-0.05, 0) is 38.3 Å². The lowest BCUT2D eigenvalue weighted by Gasteiger charge is -2.36. The first-order valence-corrected chi connectivity index (χ1v) is 10.5. The molecule has 1 fully saturated rings. The van der Waals surface area contributed by atoms with Crippen LogP contribution in [0.1, 0.15) is 44.2 Å². The quantitative estimate of drug-likeness (QED) is 0.523. The van der Waals surface area contributed by atoms with Crippen LogP contribution in [0.15, 0.2) is 60.7 Å². The molecule has 0 saturated carbocycles. The summed E-state index contributed by atoms with van der Waals surface area (Å²) >= 11 is 0. The molecule has 1 aliphatic rings. The minimum Gasteiger partial charge on any atom is -0.460 e. The van der Waals surface area contributed by atoms with Crippen molar-refractivity contribution in [1.29, 1.82) is 0 Å². The lowest BCUT2D eigenvalue weighted by atomic mass is 9.80. The van der Waals surface area contributed by atoms with Gasteiger partial charge in [0.1, 0.15) is 24.7 Å². The van der Waals surface area contributed by atoms with Crippen molar-refractivity contribution in [3.05, 3.63) is 71.8 Å². The molecular weight excluding hydrogens is 394 g/mol. The smallest absolute Gasteiger partial charge is 0.326 e. The van der Waals surface area contributed by atoms with Crippen molar-refractivity contribution in [2.45, 2.75) is 45.3 Å². The van der Waals surface area contributed by atoms with Gasteiger partial charge in [0, 0.05) is 12.5 Å². The van der Waals surface area contributed by atoms with Gasteiger partial charge in [0.25, 0.3) is 0 Å². The van der Waals surface area contributed by atoms with E-state index in [-0.39, 0.29) is 19.1 Å². The molecule has 6 nitrogen and oxygen atoms in total. The summed E-state index contributed by atoms with van der Waals surface area (Å²) in [5.41, 5.74) is 1.12. The Morgan fingerprint density at radius 3 is 2.23 bits per heavy atom. The minimum absolute atomic E-state index is 0.0943. The van der Waals surface area contributed by atoms with Crippen molar-refractivity contribution in [1.82, 2.24) is 4.90 Å². The van der Waals surface area contributed by atoms with Gasteiger partial charge in [-0.2, -0.15) is 0 Å². The fourth-order valence-corrected chi connectivity index (χ4v) is 3.77. The standard InChI is InChI=1S/C25H29NO5/c1-25(2,3)31-21(27)16-26-15-14-20(19-12-8-5-9-13-19)22(23(26)28)24(29)30-17-18-10-6-4-7-11-18/h4-13,20,22H,14-17H2,1-3H3/t20-,22-/m0/s1. The Morgan fingerprint density at radius 1 is 1.00 bits per heavy atom. The van der Waals surface area contributed by atoms with Gasteiger partial charge in [-0.1, -0.05) is 60.7 Å². The van der Waals surface area contributed by atoms with Crippen LogP contribution < -0.4 is 0 Å². The van der Waals surface area contributed by atoms with E-state index in [4.69, 9.17) is 9.47 Å². The van der Waals surface area contributed by atoms with Crippen LogP contribution in [0, 0.1) is 5.92 Å². The number of piperidine rings is 1. The summed E-state index contributed by atoms with van der Waals surface area (Å²) in [5, 5.41) is 0. The van der Waals surface area contributed by atoms with Crippen molar-refractivity contribution in [2.24, 2.45) is 5.92 Å². The first-order chi connectivity index (χ1) is 14.7. The predicted molar refractivity (Wildman–Crippen MR) is 116 cm³/mol. The highest BCUT2D eigenvalue weighted by Gasteiger charge is 2.44. The Labute approximate surface area is 183 Å². The number of esters is 2. The van der Waals surface area contributed by atoms with Crippen LogP contribution >= 0.6 is 0 Å². The highest BCUT2D eigenvalue weighted by Crippen LogP contribution is 2.35. The number of carbonyl (C=O) groups is 3. The van der Waals surface area contributed by atoms with E-state index in [9.17, 15) is 14.4 Å². The van der Waals surface area contributed by atoms with E-state index in [1.54, 1.807) is 20.8 Å². The van der Waals surface area contributed by atoms with Gasteiger partial charge < -0.3 is 14.4 Å². The SMILES string of the molecule is CC(C)(C)OC(=O)CN1CC[C@@H](c2ccccc2)[C@H](C(=O)OCc2ccccc2)C1=O. The number of hydrogen-bond donors (Lipinski definition) is 0. The Bertz CT molecular complexity index is 905. The second kappa shape index (κ2) is 9.77. The number of nitrogens with zero attached hydrogens (tertiary/aromatic N) is 1. The number of benzene rings is 2. The zero-order valence-electron chi connectivity index (χ0n) is 18.2. The molecule has 0 bridgehead atoms. The van der Waals surface area contributed by atoms with Gasteiger partial charge in [0.15, 0.2) is 0 Å². The molecule has 3 rings (SSSR count). The molecule has 2 aromatic carbocycles. The molecule has 1 saturated heterocycles. The van der Waals surface area contributed by atoms with Crippen LogP contribution in [0.5, 0.6) is 0 Å². The summed E-state index contributed by atoms with van der Waals surface area (Å²) in [6.45, 7) is 5.62. The second-order valence-electron chi connectivity index (χ2n) is 8.72. The molecule has 0 spiro atoms. The van der Waals surface area contributed by atoms with E-state index in [2.05, 4.69) is 0 Å². The molecule has 1 aliphatic heterocycles. The number of rotatable bonds is 6. The Hall–Kier alpha value is -3.15. The van der Waals surface area contributed by atoms with E-state index in [1.807, 2.05) is 60.7 Å². The fourth-order valence-electron chi connectivity index (χ4n) is 3.77. The van der Waals surface area contributed by atoms with Crippen molar-refractivity contribution >= 4 is 17.8 Å². The first kappa shape index (κ1) is 22.5. The first-order valence-electron chi connectivity index (χ1n) is 10.5. The zero-order valence-corrected chi connectivity index (χ0v) is 18.2. The normalized spacial score (nSPS) is 19.1. The van der Waals surface area contributed by atoms with Crippen molar-refractivity contribution in [3.8, 4) is 0 Å². The van der Waals surface area contributed by atoms with Gasteiger partial charge in [0.05, 0.1) is 0 Å². The molecule has 2 atom stereocenters. The highest BCUT2D eigenvalue weighted by atomic mass is 16.6. The van der Waals surface area contributed by atoms with E-state index >= 15 is 0 Å². The molecule has 1 heterocycles. The van der Waals surface area contributed by atoms with Crippen LogP contribution in [0.25, 0.3) is 0 Å². The maximum atomic E-state index is 13.3. The van der Waals surface area contributed by atoms with Crippen LogP contribution in [-0.4, -0.2) is 41.4 Å². The largest absolute Gasteiger partial charge is 0.460 e. The summed E-state index contributed by atoms with van der Waals surface area (Å²) in [6, 6.07) is 18.8. The monoisotopic (exact) mass is 423 g/mol. The summed E-state index contributed by atoms with van der Waals surface area (Å²) < 4.78 is 10.9. The topological polar surface area (TPSA) is 72.9 Å². The predicted octanol–water partition coefficient (Wildman–Crippen LogP) is 3.70. The molecule has 0 radical (unpaired) electrons. The number of carbonyl (C=O) groups excluding carboxylic acids is 3. The minimum atomic E-state index is -0.998. The van der Waals surface area contributed by atoms with Crippen LogP contribution in [0.3, 0.4) is 0 Å². The molecule has 0 N–H and O–H groups in total. The lowest BCUT2D eigenvalue weighted by molar-refractivity contribution is -0.166. The Morgan fingerprint density at radius 2 is 1.61 bits per heavy atom. The summed E-state index contributed by atoms with van der Waals surface area (Å²) in [6.07, 6.45) is 0.559. The van der Waals surface area contributed by atoms with Crippen molar-refractivity contribution < 1.29 is 23.9 Å². The number of hydrogen-bond acceptors (Lipinski definition) is 5. The van der Waals surface area contributed by atoms with Gasteiger partial charge >= 0.3 is 11.9 Å². The van der Waals surface area contributed by atoms with Crippen molar-refractivity contribution in [2.75, 3.05) is 13.1 Å². The summed E-state index contributed by atoms with van der Waals surface area (Å²) in [4.78, 5) is 40.0. The Balaban J connectivity index is 1.77. The van der Waals surface area contributed by atoms with Gasteiger partial charge in [0.2, 0.25) is 5.91 Å². The zero-order chi connectivity index (χ0) is 22.4. The lowest BCUT2D eigenvalue weighted by Crippen LogP contribution is -2.50. The third kappa shape index (κ3) is 6.17. The third-order valence-corrected chi connectivity index (χ3v) is 5.14. The van der Waals surface area contributed by atoms with Crippen LogP contribution in [-0.2, 0) is 30.5 Å². The van der Waals surface area contributed by atoms with E-state index in [0.29, 0.717) is 13.0 Å². The summed E-state index contributed by atoms with van der Waals surface area (Å²) in [5.74, 6) is -2.76. The molecule has 0 aromatic heterocycles. The highest BCUT2D eigenvalue weighted by molar-refractivity contribution is 6.00. The summed E-state index contributed by atoms with van der Waals surface area (Å²) in [7, 11) is 0. The van der Waals surface area contributed by atoms with E-state index in [1.165, 1.54) is 4.90 Å². The van der Waals surface area contributed by atoms with Gasteiger partial charge in [-0.3, -0.25) is 14.4 Å². The third-order valence-electron chi connectivity index (χ3n) is 5.14. The van der Waals surface area contributed by atoms with E-state index < -0.39 is 29.4 Å². The number of likely N-dealkylation sites (tertiary alicyclic amines) is 1. The van der Waals surface area contributed by atoms with Crippen LogP contribution in [0.2, 0.25) is 0 Å². The molecule has 31 heavy (non-hydrogen) atoms. The molecule has 2 aromatic rings. The van der Waals surface area contributed by atoms with Gasteiger partial charge in [-0.15, -0.1) is 0 Å². The number of amides is 1. The molecule has 6 heteroatoms. The molecule has 0 unspecified atom stereocenters. The Kier molecular flexibility index (Phi) is 7.10. The maximum Gasteiger partial charge on any atom is 0.326 e. The second-order valence-corrected chi connectivity index (χ2v) is 8.72. The molecule has 0 aliphatic carbocycles. The number of ether oxygens (including phenoxy) is 2. The molecule has 1 amide bonds.